The number of hydrogen-bond acceptors (Lipinski definition) is 5. The fourth-order valence-corrected chi connectivity index (χ4v) is 6.00. The second kappa shape index (κ2) is 9.28. The monoisotopic (exact) mass is 449 g/mol. The average molecular weight is 450 g/mol. The molecule has 0 saturated carbocycles. The molecule has 9 heteroatoms. The van der Waals surface area contributed by atoms with Crippen LogP contribution in [0, 0.1) is 0 Å². The average Bonchev–Trinajstić information content (AvgIpc) is 3.24. The Balaban J connectivity index is 1.76. The molecule has 0 saturated heterocycles. The molecule has 3 rings (SSSR count). The van der Waals surface area contributed by atoms with Gasteiger partial charge in [-0.05, 0) is 49.3 Å². The highest BCUT2D eigenvalue weighted by Crippen LogP contribution is 2.29. The minimum Gasteiger partial charge on any atom is -0.352 e. The van der Waals surface area contributed by atoms with Crippen molar-refractivity contribution in [2.24, 2.45) is 0 Å². The van der Waals surface area contributed by atoms with Crippen LogP contribution in [0.5, 0.6) is 0 Å². The van der Waals surface area contributed by atoms with Crippen molar-refractivity contribution in [1.82, 2.24) is 14.9 Å². The maximum Gasteiger partial charge on any atom is 0.263 e. The number of fused-ring (bicyclic) bond motifs is 1. The van der Waals surface area contributed by atoms with Gasteiger partial charge in [0.1, 0.15) is 15.8 Å². The van der Waals surface area contributed by atoms with E-state index in [1.54, 1.807) is 12.3 Å². The first-order chi connectivity index (χ1) is 14.2. The third-order valence-electron chi connectivity index (χ3n) is 5.29. The van der Waals surface area contributed by atoms with Crippen molar-refractivity contribution >= 4 is 33.2 Å². The molecule has 0 bridgehead atoms. The van der Waals surface area contributed by atoms with Crippen LogP contribution in [0.1, 0.15) is 48.0 Å². The normalized spacial score (nSPS) is 16.4. The molecule has 1 aromatic heterocycles. The van der Waals surface area contributed by atoms with Gasteiger partial charge in [0, 0.05) is 19.1 Å². The van der Waals surface area contributed by atoms with Crippen molar-refractivity contribution in [3.8, 4) is 0 Å². The number of hydrogen-bond donors (Lipinski definition) is 2. The first-order valence-corrected chi connectivity index (χ1v) is 12.3. The topological polar surface area (TPSA) is 95.6 Å². The van der Waals surface area contributed by atoms with Gasteiger partial charge < -0.3 is 10.6 Å². The molecule has 2 aromatic rings. The number of rotatable bonds is 7. The van der Waals surface area contributed by atoms with Crippen LogP contribution < -0.4 is 10.6 Å². The molecule has 7 nitrogen and oxygen atoms in total. The molecule has 0 fully saturated rings. The number of carbonyl (C=O) groups is 2. The second-order valence-corrected chi connectivity index (χ2v) is 10.3. The first kappa shape index (κ1) is 22.5. The summed E-state index contributed by atoms with van der Waals surface area (Å²) in [5.41, 5.74) is 2.12. The number of sulfonamides is 1. The van der Waals surface area contributed by atoms with E-state index in [-0.39, 0.29) is 28.3 Å². The van der Waals surface area contributed by atoms with Crippen molar-refractivity contribution in [2.45, 2.75) is 57.1 Å². The molecule has 1 aliphatic rings. The van der Waals surface area contributed by atoms with Crippen LogP contribution >= 0.6 is 11.3 Å². The molecule has 2 N–H and O–H groups in total. The SMILES string of the molecule is CCC(C)NC(=O)C(C)NC(=O)c1sccc1S(=O)(=O)N1CCc2ccccc2C1. The summed E-state index contributed by atoms with van der Waals surface area (Å²) >= 11 is 1.06. The number of carbonyl (C=O) groups excluding carboxylic acids is 2. The minimum absolute atomic E-state index is 0.00323. The molecule has 0 radical (unpaired) electrons. The summed E-state index contributed by atoms with van der Waals surface area (Å²) in [7, 11) is -3.83. The lowest BCUT2D eigenvalue weighted by Gasteiger charge is -2.28. The van der Waals surface area contributed by atoms with Gasteiger partial charge in [-0.2, -0.15) is 4.31 Å². The Morgan fingerprint density at radius 3 is 2.53 bits per heavy atom. The molecule has 2 amide bonds. The summed E-state index contributed by atoms with van der Waals surface area (Å²) in [6.07, 6.45) is 1.41. The predicted molar refractivity (Wildman–Crippen MR) is 117 cm³/mol. The van der Waals surface area contributed by atoms with E-state index >= 15 is 0 Å². The van der Waals surface area contributed by atoms with Crippen LogP contribution in [0.15, 0.2) is 40.6 Å². The van der Waals surface area contributed by atoms with Crippen LogP contribution in [0.25, 0.3) is 0 Å². The van der Waals surface area contributed by atoms with Crippen LogP contribution in [-0.2, 0) is 27.8 Å². The fourth-order valence-electron chi connectivity index (χ4n) is 3.28. The van der Waals surface area contributed by atoms with Crippen molar-refractivity contribution in [2.75, 3.05) is 6.54 Å². The van der Waals surface area contributed by atoms with Crippen LogP contribution in [0.4, 0.5) is 0 Å². The molecule has 2 atom stereocenters. The Bertz CT molecular complexity index is 1030. The van der Waals surface area contributed by atoms with Gasteiger partial charge in [0.25, 0.3) is 5.91 Å². The van der Waals surface area contributed by atoms with Crippen molar-refractivity contribution in [3.05, 3.63) is 51.7 Å². The van der Waals surface area contributed by atoms with Gasteiger partial charge in [0.15, 0.2) is 0 Å². The third-order valence-corrected chi connectivity index (χ3v) is 8.22. The van der Waals surface area contributed by atoms with Gasteiger partial charge in [0.2, 0.25) is 15.9 Å². The van der Waals surface area contributed by atoms with E-state index in [0.717, 1.165) is 28.9 Å². The molecular formula is C21H27N3O4S2. The van der Waals surface area contributed by atoms with E-state index in [1.165, 1.54) is 10.4 Å². The Morgan fingerprint density at radius 1 is 1.13 bits per heavy atom. The Morgan fingerprint density at radius 2 is 1.83 bits per heavy atom. The van der Waals surface area contributed by atoms with E-state index in [9.17, 15) is 18.0 Å². The van der Waals surface area contributed by atoms with Crippen molar-refractivity contribution < 1.29 is 18.0 Å². The summed E-state index contributed by atoms with van der Waals surface area (Å²) in [6.45, 7) is 6.06. The second-order valence-electron chi connectivity index (χ2n) is 7.48. The quantitative estimate of drug-likeness (QED) is 0.679. The summed E-state index contributed by atoms with van der Waals surface area (Å²) < 4.78 is 27.9. The molecule has 2 heterocycles. The van der Waals surface area contributed by atoms with Crippen LogP contribution in [0.3, 0.4) is 0 Å². The minimum atomic E-state index is -3.83. The summed E-state index contributed by atoms with van der Waals surface area (Å²) in [5, 5.41) is 7.02. The van der Waals surface area contributed by atoms with Gasteiger partial charge in [-0.15, -0.1) is 11.3 Å². The molecule has 0 aliphatic carbocycles. The Kier molecular flexibility index (Phi) is 6.95. The Hall–Kier alpha value is -2.23. The molecule has 1 aliphatic heterocycles. The maximum atomic E-state index is 13.3. The van der Waals surface area contributed by atoms with Gasteiger partial charge >= 0.3 is 0 Å². The molecule has 1 aromatic carbocycles. The number of thiophene rings is 1. The van der Waals surface area contributed by atoms with Gasteiger partial charge in [-0.3, -0.25) is 9.59 Å². The first-order valence-electron chi connectivity index (χ1n) is 9.99. The van der Waals surface area contributed by atoms with Gasteiger partial charge in [-0.25, -0.2) is 8.42 Å². The van der Waals surface area contributed by atoms with E-state index in [2.05, 4.69) is 10.6 Å². The largest absolute Gasteiger partial charge is 0.352 e. The van der Waals surface area contributed by atoms with Gasteiger partial charge in [-0.1, -0.05) is 31.2 Å². The lowest BCUT2D eigenvalue weighted by molar-refractivity contribution is -0.123. The zero-order chi connectivity index (χ0) is 21.9. The van der Waals surface area contributed by atoms with Crippen molar-refractivity contribution in [1.29, 1.82) is 0 Å². The number of benzene rings is 1. The van der Waals surface area contributed by atoms with Gasteiger partial charge in [0.05, 0.1) is 0 Å². The lowest BCUT2D eigenvalue weighted by Crippen LogP contribution is -2.47. The number of nitrogens with zero attached hydrogens (tertiary/aromatic N) is 1. The smallest absolute Gasteiger partial charge is 0.263 e. The molecule has 30 heavy (non-hydrogen) atoms. The number of amides is 2. The standard InChI is InChI=1S/C21H27N3O4S2/c1-4-14(2)22-20(25)15(3)23-21(26)19-18(10-12-29-19)30(27,28)24-11-9-16-7-5-6-8-17(16)13-24/h5-8,10,12,14-15H,4,9,11,13H2,1-3H3,(H,22,25)(H,23,26). The van der Waals surface area contributed by atoms with E-state index < -0.39 is 22.0 Å². The highest BCUT2D eigenvalue weighted by molar-refractivity contribution is 7.89. The third kappa shape index (κ3) is 4.74. The van der Waals surface area contributed by atoms with Crippen LogP contribution in [0.2, 0.25) is 0 Å². The highest BCUT2D eigenvalue weighted by Gasteiger charge is 2.33. The Labute approximate surface area is 181 Å². The lowest BCUT2D eigenvalue weighted by atomic mass is 10.0. The number of nitrogens with one attached hydrogen (secondary N) is 2. The van der Waals surface area contributed by atoms with E-state index in [4.69, 9.17) is 0 Å². The maximum absolute atomic E-state index is 13.3. The molecular weight excluding hydrogens is 422 g/mol. The van der Waals surface area contributed by atoms with E-state index in [0.29, 0.717) is 13.0 Å². The molecule has 2 unspecified atom stereocenters. The van der Waals surface area contributed by atoms with E-state index in [1.807, 2.05) is 38.1 Å². The highest BCUT2D eigenvalue weighted by atomic mass is 32.2. The molecule has 0 spiro atoms. The zero-order valence-corrected chi connectivity index (χ0v) is 19.0. The fraction of sp³-hybridized carbons (Fsp3) is 0.429. The summed E-state index contributed by atoms with van der Waals surface area (Å²) in [5.74, 6) is -0.862. The summed E-state index contributed by atoms with van der Waals surface area (Å²) in [4.78, 5) is 25.1. The van der Waals surface area contributed by atoms with Crippen molar-refractivity contribution in [3.63, 3.8) is 0 Å². The summed E-state index contributed by atoms with van der Waals surface area (Å²) in [6, 6.07) is 8.46. The molecule has 162 valence electrons. The predicted octanol–water partition coefficient (Wildman–Crippen LogP) is 2.53. The van der Waals surface area contributed by atoms with Crippen LogP contribution in [-0.4, -0.2) is 43.2 Å². The zero-order valence-electron chi connectivity index (χ0n) is 17.3.